The van der Waals surface area contributed by atoms with E-state index in [0.29, 0.717) is 30.6 Å². The second-order valence-electron chi connectivity index (χ2n) is 4.74. The summed E-state index contributed by atoms with van der Waals surface area (Å²) >= 11 is 3.41. The molecule has 19 heavy (non-hydrogen) atoms. The fourth-order valence-corrected chi connectivity index (χ4v) is 2.91. The fraction of sp³-hybridized carbons (Fsp3) is 0.692. The number of ether oxygens (including phenoxy) is 1. The van der Waals surface area contributed by atoms with E-state index in [4.69, 9.17) is 9.26 Å². The van der Waals surface area contributed by atoms with Gasteiger partial charge in [-0.1, -0.05) is 33.9 Å². The molecule has 1 amide bonds. The Kier molecular flexibility index (Phi) is 5.39. The second kappa shape index (κ2) is 7.05. The molecule has 0 aromatic carbocycles. The first kappa shape index (κ1) is 14.5. The number of carbonyl (C=O) groups is 1. The molecule has 0 atom stereocenters. The number of nitrogens with zero attached hydrogens (tertiary/aromatic N) is 2. The summed E-state index contributed by atoms with van der Waals surface area (Å²) in [5.41, 5.74) is 0.375. The highest BCUT2D eigenvalue weighted by atomic mass is 79.9. The summed E-state index contributed by atoms with van der Waals surface area (Å²) in [6.45, 7) is 1.04. The van der Waals surface area contributed by atoms with Crippen LogP contribution in [0.5, 0.6) is 0 Å². The van der Waals surface area contributed by atoms with Crippen LogP contribution in [-0.2, 0) is 11.3 Å². The van der Waals surface area contributed by atoms with Crippen LogP contribution in [0.15, 0.2) is 10.6 Å². The summed E-state index contributed by atoms with van der Waals surface area (Å²) in [6, 6.07) is 2.01. The second-order valence-corrected chi connectivity index (χ2v) is 5.53. The molecule has 0 saturated heterocycles. The maximum Gasteiger partial charge on any atom is 0.276 e. The molecule has 0 aliphatic heterocycles. The minimum absolute atomic E-state index is 0.0440. The summed E-state index contributed by atoms with van der Waals surface area (Å²) in [5.74, 6) is 0.536. The van der Waals surface area contributed by atoms with E-state index in [9.17, 15) is 4.79 Å². The molecule has 0 N–H and O–H groups in total. The number of hydrogen-bond donors (Lipinski definition) is 0. The first-order valence-corrected chi connectivity index (χ1v) is 7.70. The molecule has 1 heterocycles. The summed E-state index contributed by atoms with van der Waals surface area (Å²) in [6.07, 6.45) is 4.57. The Morgan fingerprint density at radius 1 is 1.58 bits per heavy atom. The number of rotatable bonds is 6. The fourth-order valence-electron chi connectivity index (χ4n) is 2.53. The number of amides is 1. The zero-order valence-electron chi connectivity index (χ0n) is 11.1. The third-order valence-corrected chi connectivity index (χ3v) is 3.77. The molecule has 1 aliphatic carbocycles. The van der Waals surface area contributed by atoms with E-state index in [1.165, 1.54) is 12.8 Å². The van der Waals surface area contributed by atoms with Gasteiger partial charge in [-0.25, -0.2) is 0 Å². The van der Waals surface area contributed by atoms with E-state index >= 15 is 0 Å². The van der Waals surface area contributed by atoms with Crippen molar-refractivity contribution in [3.05, 3.63) is 17.5 Å². The highest BCUT2D eigenvalue weighted by Crippen LogP contribution is 2.25. The van der Waals surface area contributed by atoms with Crippen LogP contribution in [-0.4, -0.2) is 41.0 Å². The zero-order chi connectivity index (χ0) is 13.7. The molecule has 1 aliphatic rings. The van der Waals surface area contributed by atoms with Gasteiger partial charge in [-0.2, -0.15) is 0 Å². The average molecular weight is 331 g/mol. The topological polar surface area (TPSA) is 55.6 Å². The van der Waals surface area contributed by atoms with Gasteiger partial charge in [-0.15, -0.1) is 0 Å². The Balaban J connectivity index is 2.08. The van der Waals surface area contributed by atoms with Gasteiger partial charge in [0, 0.05) is 31.1 Å². The van der Waals surface area contributed by atoms with Crippen molar-refractivity contribution in [2.45, 2.75) is 38.3 Å². The third kappa shape index (κ3) is 3.57. The molecule has 1 aromatic heterocycles. The third-order valence-electron chi connectivity index (χ3n) is 3.42. The standard InChI is InChI=1S/C13H19BrN2O3/c1-18-9-11-8-12(15-19-11)13(17)16(7-6-14)10-4-2-3-5-10/h8,10H,2-7,9H2,1H3. The normalized spacial score (nSPS) is 15.9. The molecule has 5 nitrogen and oxygen atoms in total. The number of aromatic nitrogens is 1. The van der Waals surface area contributed by atoms with Gasteiger partial charge in [0.15, 0.2) is 11.5 Å². The van der Waals surface area contributed by atoms with Crippen molar-refractivity contribution in [2.24, 2.45) is 0 Å². The molecule has 1 fully saturated rings. The summed E-state index contributed by atoms with van der Waals surface area (Å²) in [5, 5.41) is 4.62. The SMILES string of the molecule is COCc1cc(C(=O)N(CCBr)C2CCCC2)no1. The molecule has 0 unspecified atom stereocenters. The Hall–Kier alpha value is -0.880. The van der Waals surface area contributed by atoms with Gasteiger partial charge in [0.2, 0.25) is 0 Å². The van der Waals surface area contributed by atoms with E-state index in [0.717, 1.165) is 18.2 Å². The van der Waals surface area contributed by atoms with E-state index < -0.39 is 0 Å². The van der Waals surface area contributed by atoms with E-state index in [1.54, 1.807) is 13.2 Å². The van der Waals surface area contributed by atoms with Gasteiger partial charge >= 0.3 is 0 Å². The zero-order valence-corrected chi connectivity index (χ0v) is 12.7. The van der Waals surface area contributed by atoms with Crippen LogP contribution in [0.25, 0.3) is 0 Å². The van der Waals surface area contributed by atoms with Crippen LogP contribution >= 0.6 is 15.9 Å². The first-order chi connectivity index (χ1) is 9.26. The quantitative estimate of drug-likeness (QED) is 0.752. The maximum absolute atomic E-state index is 12.5. The number of halogens is 1. The van der Waals surface area contributed by atoms with Crippen LogP contribution in [0, 0.1) is 0 Å². The van der Waals surface area contributed by atoms with E-state index in [-0.39, 0.29) is 5.91 Å². The Bertz CT molecular complexity index is 416. The van der Waals surface area contributed by atoms with Crippen molar-refractivity contribution < 1.29 is 14.1 Å². The molecule has 0 radical (unpaired) electrons. The van der Waals surface area contributed by atoms with Gasteiger partial charge in [0.25, 0.3) is 5.91 Å². The lowest BCUT2D eigenvalue weighted by Gasteiger charge is -2.27. The highest BCUT2D eigenvalue weighted by molar-refractivity contribution is 9.09. The lowest BCUT2D eigenvalue weighted by Crippen LogP contribution is -2.40. The van der Waals surface area contributed by atoms with Crippen molar-refractivity contribution in [3.63, 3.8) is 0 Å². The monoisotopic (exact) mass is 330 g/mol. The van der Waals surface area contributed by atoms with Crippen LogP contribution in [0.2, 0.25) is 0 Å². The summed E-state index contributed by atoms with van der Waals surface area (Å²) < 4.78 is 10.0. The predicted molar refractivity (Wildman–Crippen MR) is 74.3 cm³/mol. The minimum Gasteiger partial charge on any atom is -0.377 e. The van der Waals surface area contributed by atoms with Crippen molar-refractivity contribution in [3.8, 4) is 0 Å². The van der Waals surface area contributed by atoms with Crippen LogP contribution in [0.1, 0.15) is 41.9 Å². The molecule has 0 bridgehead atoms. The molecule has 6 heteroatoms. The molecule has 0 spiro atoms. The van der Waals surface area contributed by atoms with Gasteiger partial charge in [-0.05, 0) is 12.8 Å². The molecule has 106 valence electrons. The Labute approximate surface area is 121 Å². The largest absolute Gasteiger partial charge is 0.377 e. The van der Waals surface area contributed by atoms with E-state index in [2.05, 4.69) is 21.1 Å². The van der Waals surface area contributed by atoms with Crippen LogP contribution in [0.3, 0.4) is 0 Å². The minimum atomic E-state index is -0.0440. The van der Waals surface area contributed by atoms with Crippen LogP contribution in [0.4, 0.5) is 0 Å². The lowest BCUT2D eigenvalue weighted by atomic mass is 10.2. The summed E-state index contributed by atoms with van der Waals surface area (Å²) in [7, 11) is 1.58. The highest BCUT2D eigenvalue weighted by Gasteiger charge is 2.28. The number of alkyl halides is 1. The smallest absolute Gasteiger partial charge is 0.276 e. The van der Waals surface area contributed by atoms with Gasteiger partial charge in [-0.3, -0.25) is 4.79 Å². The van der Waals surface area contributed by atoms with Crippen molar-refractivity contribution in [1.82, 2.24) is 10.1 Å². The van der Waals surface area contributed by atoms with Crippen molar-refractivity contribution in [2.75, 3.05) is 19.0 Å². The average Bonchev–Trinajstić information content (AvgIpc) is 3.06. The molecule has 2 rings (SSSR count). The van der Waals surface area contributed by atoms with Gasteiger partial charge in [0.1, 0.15) is 6.61 Å². The molecular weight excluding hydrogens is 312 g/mol. The first-order valence-electron chi connectivity index (χ1n) is 6.57. The van der Waals surface area contributed by atoms with Gasteiger partial charge < -0.3 is 14.2 Å². The summed E-state index contributed by atoms with van der Waals surface area (Å²) in [4.78, 5) is 14.4. The van der Waals surface area contributed by atoms with Crippen molar-refractivity contribution in [1.29, 1.82) is 0 Å². The van der Waals surface area contributed by atoms with E-state index in [1.807, 2.05) is 4.90 Å². The number of carbonyl (C=O) groups excluding carboxylic acids is 1. The predicted octanol–water partition coefficient (Wildman–Crippen LogP) is 2.60. The molecule has 1 saturated carbocycles. The Morgan fingerprint density at radius 2 is 2.32 bits per heavy atom. The number of methoxy groups -OCH3 is 1. The lowest BCUT2D eigenvalue weighted by molar-refractivity contribution is 0.0685. The van der Waals surface area contributed by atoms with Gasteiger partial charge in [0.05, 0.1) is 0 Å². The van der Waals surface area contributed by atoms with Crippen LogP contribution < -0.4 is 0 Å². The number of hydrogen-bond acceptors (Lipinski definition) is 4. The molecular formula is C13H19BrN2O3. The maximum atomic E-state index is 12.5. The van der Waals surface area contributed by atoms with Crippen molar-refractivity contribution >= 4 is 21.8 Å². The molecule has 1 aromatic rings. The Morgan fingerprint density at radius 3 is 2.95 bits per heavy atom.